The number of carbonyl (C=O) groups is 1. The predicted octanol–water partition coefficient (Wildman–Crippen LogP) is 2.58. The summed E-state index contributed by atoms with van der Waals surface area (Å²) in [5.41, 5.74) is 2.67. The van der Waals surface area contributed by atoms with Gasteiger partial charge < -0.3 is 10.1 Å². The third kappa shape index (κ3) is 6.07. The molecule has 2 N–H and O–H groups in total. The van der Waals surface area contributed by atoms with Gasteiger partial charge in [0.25, 0.3) is 0 Å². The van der Waals surface area contributed by atoms with Gasteiger partial charge in [-0.25, -0.2) is 15.3 Å². The summed E-state index contributed by atoms with van der Waals surface area (Å²) in [6, 6.07) is 5.45. The molecule has 0 saturated carbocycles. The summed E-state index contributed by atoms with van der Waals surface area (Å²) in [7, 11) is 0. The number of hydrogen-bond donors (Lipinski definition) is 2. The van der Waals surface area contributed by atoms with Crippen molar-refractivity contribution < 1.29 is 27.5 Å². The van der Waals surface area contributed by atoms with Gasteiger partial charge in [0.2, 0.25) is 5.91 Å². The van der Waals surface area contributed by atoms with E-state index < -0.39 is 12.1 Å². The number of aliphatic imine (C=N–C) groups is 1. The van der Waals surface area contributed by atoms with Crippen LogP contribution in [0.3, 0.4) is 0 Å². The van der Waals surface area contributed by atoms with Crippen molar-refractivity contribution in [3.8, 4) is 5.75 Å². The van der Waals surface area contributed by atoms with Gasteiger partial charge in [-0.15, -0.1) is 13.2 Å². The highest BCUT2D eigenvalue weighted by atomic mass is 19.4. The van der Waals surface area contributed by atoms with Crippen molar-refractivity contribution in [2.24, 2.45) is 4.99 Å². The summed E-state index contributed by atoms with van der Waals surface area (Å²) >= 11 is 0. The van der Waals surface area contributed by atoms with Gasteiger partial charge in [-0.05, 0) is 30.7 Å². The molecule has 0 aromatic heterocycles. The SMILES string of the molecule is CCCCNC(=O)CN1CCC2(CC1)N=C(c1ccc(OC(F)(F)F)cc1)NO2. The van der Waals surface area contributed by atoms with E-state index in [1.165, 1.54) is 24.3 Å². The Labute approximate surface area is 167 Å². The van der Waals surface area contributed by atoms with Gasteiger partial charge in [-0.3, -0.25) is 9.69 Å². The second-order valence-electron chi connectivity index (χ2n) is 7.16. The van der Waals surface area contributed by atoms with Gasteiger partial charge in [0.1, 0.15) is 5.75 Å². The van der Waals surface area contributed by atoms with Gasteiger partial charge in [0, 0.05) is 38.0 Å². The van der Waals surface area contributed by atoms with Crippen molar-refractivity contribution in [1.82, 2.24) is 15.7 Å². The lowest BCUT2D eigenvalue weighted by Crippen LogP contribution is -2.47. The lowest BCUT2D eigenvalue weighted by molar-refractivity contribution is -0.274. The van der Waals surface area contributed by atoms with Gasteiger partial charge in [-0.2, -0.15) is 0 Å². The molecule has 2 heterocycles. The predicted molar refractivity (Wildman–Crippen MR) is 100 cm³/mol. The van der Waals surface area contributed by atoms with Crippen molar-refractivity contribution in [3.63, 3.8) is 0 Å². The average molecular weight is 414 g/mol. The number of rotatable bonds is 7. The van der Waals surface area contributed by atoms with Crippen LogP contribution in [0.1, 0.15) is 38.2 Å². The monoisotopic (exact) mass is 414 g/mol. The van der Waals surface area contributed by atoms with Crippen LogP contribution in [0.2, 0.25) is 0 Å². The summed E-state index contributed by atoms with van der Waals surface area (Å²) in [5, 5.41) is 2.91. The topological polar surface area (TPSA) is 75.2 Å². The van der Waals surface area contributed by atoms with Crippen LogP contribution >= 0.6 is 0 Å². The molecule has 1 aromatic rings. The Kier molecular flexibility index (Phi) is 6.63. The number of ether oxygens (including phenoxy) is 1. The van der Waals surface area contributed by atoms with E-state index in [0.29, 0.717) is 50.4 Å². The molecular weight excluding hydrogens is 389 g/mol. The zero-order valence-corrected chi connectivity index (χ0v) is 16.2. The van der Waals surface area contributed by atoms with E-state index in [0.717, 1.165) is 12.8 Å². The van der Waals surface area contributed by atoms with Crippen molar-refractivity contribution in [3.05, 3.63) is 29.8 Å². The first-order valence-electron chi connectivity index (χ1n) is 9.68. The zero-order chi connectivity index (χ0) is 20.9. The lowest BCUT2D eigenvalue weighted by Gasteiger charge is -2.35. The molecule has 3 rings (SSSR count). The molecule has 1 saturated heterocycles. The summed E-state index contributed by atoms with van der Waals surface area (Å²) in [6.45, 7) is 4.45. The number of nitrogens with zero attached hydrogens (tertiary/aromatic N) is 2. The molecule has 10 heteroatoms. The van der Waals surface area contributed by atoms with Crippen LogP contribution in [0.4, 0.5) is 13.2 Å². The molecule has 1 fully saturated rings. The Morgan fingerprint density at radius 1 is 1.31 bits per heavy atom. The van der Waals surface area contributed by atoms with Gasteiger partial charge in [0.15, 0.2) is 11.6 Å². The lowest BCUT2D eigenvalue weighted by atomic mass is 10.0. The summed E-state index contributed by atoms with van der Waals surface area (Å²) < 4.78 is 40.7. The van der Waals surface area contributed by atoms with E-state index in [9.17, 15) is 18.0 Å². The Morgan fingerprint density at radius 2 is 2.00 bits per heavy atom. The molecule has 2 aliphatic heterocycles. The molecule has 29 heavy (non-hydrogen) atoms. The Balaban J connectivity index is 1.52. The Morgan fingerprint density at radius 3 is 2.62 bits per heavy atom. The van der Waals surface area contributed by atoms with Crippen LogP contribution < -0.4 is 15.5 Å². The first kappa shape index (κ1) is 21.4. The van der Waals surface area contributed by atoms with Crippen molar-refractivity contribution in [2.75, 3.05) is 26.2 Å². The minimum Gasteiger partial charge on any atom is -0.406 e. The number of amidine groups is 1. The fourth-order valence-electron chi connectivity index (χ4n) is 3.27. The molecule has 0 unspecified atom stereocenters. The molecular formula is C19H25F3N4O3. The highest BCUT2D eigenvalue weighted by molar-refractivity contribution is 5.99. The highest BCUT2D eigenvalue weighted by Gasteiger charge is 2.40. The molecule has 0 atom stereocenters. The largest absolute Gasteiger partial charge is 0.573 e. The van der Waals surface area contributed by atoms with Crippen LogP contribution in [-0.4, -0.2) is 54.9 Å². The minimum atomic E-state index is -4.72. The number of alkyl halides is 3. The second-order valence-corrected chi connectivity index (χ2v) is 7.16. The first-order chi connectivity index (χ1) is 13.8. The Hall–Kier alpha value is -2.33. The van der Waals surface area contributed by atoms with Crippen molar-refractivity contribution in [2.45, 2.75) is 44.7 Å². The van der Waals surface area contributed by atoms with E-state index in [4.69, 9.17) is 4.84 Å². The normalized spacial score (nSPS) is 19.0. The van der Waals surface area contributed by atoms with E-state index in [1.54, 1.807) is 0 Å². The first-order valence-corrected chi connectivity index (χ1v) is 9.68. The van der Waals surface area contributed by atoms with E-state index in [2.05, 4.69) is 32.3 Å². The zero-order valence-electron chi connectivity index (χ0n) is 16.2. The van der Waals surface area contributed by atoms with Crippen LogP contribution in [0.15, 0.2) is 29.3 Å². The number of likely N-dealkylation sites (tertiary alicyclic amines) is 1. The highest BCUT2D eigenvalue weighted by Crippen LogP contribution is 2.31. The maximum atomic E-state index is 12.3. The van der Waals surface area contributed by atoms with Crippen LogP contribution in [0.25, 0.3) is 0 Å². The molecule has 2 aliphatic rings. The number of hydrogen-bond acceptors (Lipinski definition) is 6. The summed E-state index contributed by atoms with van der Waals surface area (Å²) in [4.78, 5) is 24.3. The standard InChI is InChI=1S/C19H25F3N4O3/c1-2-3-10-23-16(27)13-26-11-8-18(9-12-26)24-17(25-29-18)14-4-6-15(7-5-14)28-19(20,21)22/h4-7H,2-3,8-13H2,1H3,(H,23,27)(H,24,25). The van der Waals surface area contributed by atoms with Gasteiger partial charge in [-0.1, -0.05) is 13.3 Å². The summed E-state index contributed by atoms with van der Waals surface area (Å²) in [6.07, 6.45) is -1.49. The number of amides is 1. The number of carbonyl (C=O) groups excluding carboxylic acids is 1. The number of piperidine rings is 1. The quantitative estimate of drug-likeness (QED) is 0.671. The van der Waals surface area contributed by atoms with Crippen LogP contribution in [-0.2, 0) is 9.63 Å². The third-order valence-corrected chi connectivity index (χ3v) is 4.87. The smallest absolute Gasteiger partial charge is 0.406 e. The van der Waals surface area contributed by atoms with Gasteiger partial charge >= 0.3 is 6.36 Å². The average Bonchev–Trinajstić information content (AvgIpc) is 3.07. The minimum absolute atomic E-state index is 0.0187. The maximum Gasteiger partial charge on any atom is 0.573 e. The molecule has 7 nitrogen and oxygen atoms in total. The molecule has 0 aliphatic carbocycles. The third-order valence-electron chi connectivity index (χ3n) is 4.87. The number of nitrogens with one attached hydrogen (secondary N) is 2. The molecule has 1 aromatic carbocycles. The maximum absolute atomic E-state index is 12.3. The van der Waals surface area contributed by atoms with E-state index >= 15 is 0 Å². The number of unbranched alkanes of at least 4 members (excludes halogenated alkanes) is 1. The number of benzene rings is 1. The Bertz CT molecular complexity index is 729. The van der Waals surface area contributed by atoms with Gasteiger partial charge in [0.05, 0.1) is 6.54 Å². The van der Waals surface area contributed by atoms with Crippen LogP contribution in [0, 0.1) is 0 Å². The molecule has 1 amide bonds. The van der Waals surface area contributed by atoms with Crippen molar-refractivity contribution in [1.29, 1.82) is 0 Å². The van der Waals surface area contributed by atoms with Crippen molar-refractivity contribution >= 4 is 11.7 Å². The molecule has 0 radical (unpaired) electrons. The van der Waals surface area contributed by atoms with E-state index in [-0.39, 0.29) is 11.7 Å². The molecule has 160 valence electrons. The van der Waals surface area contributed by atoms with E-state index in [1.807, 2.05) is 0 Å². The molecule has 1 spiro atoms. The fourth-order valence-corrected chi connectivity index (χ4v) is 3.27. The number of hydroxylamine groups is 1. The van der Waals surface area contributed by atoms with Crippen LogP contribution in [0.5, 0.6) is 5.75 Å². The fraction of sp³-hybridized carbons (Fsp3) is 0.579. The summed E-state index contributed by atoms with van der Waals surface area (Å²) in [5.74, 6) is 0.195. The second kappa shape index (κ2) is 9.00. The number of halogens is 3. The molecule has 0 bridgehead atoms.